The molecule has 2 fully saturated rings. The van der Waals surface area contributed by atoms with Gasteiger partial charge in [-0.1, -0.05) is 74.0 Å². The van der Waals surface area contributed by atoms with E-state index in [1.807, 2.05) is 12.1 Å². The lowest BCUT2D eigenvalue weighted by Crippen LogP contribution is -2.49. The van der Waals surface area contributed by atoms with Crippen molar-refractivity contribution in [2.45, 2.75) is 45.1 Å². The summed E-state index contributed by atoms with van der Waals surface area (Å²) in [7, 11) is 0. The van der Waals surface area contributed by atoms with E-state index in [0.29, 0.717) is 11.8 Å². The van der Waals surface area contributed by atoms with Crippen LogP contribution < -0.4 is 0 Å². The standard InChI is InChI=1S/C27H29ClO/c1-17-13-19-15-18(2)27(29,22(14-17)16-19)26-24-6-4-3-5-20(24)9-12-25(26)21-7-10-23(28)11-8-21/h3-12,17-19,22,29H,13-16H2,1-2H3. The monoisotopic (exact) mass is 404 g/mol. The Labute approximate surface area is 178 Å². The second kappa shape index (κ2) is 7.15. The van der Waals surface area contributed by atoms with Gasteiger partial charge in [-0.25, -0.2) is 0 Å². The van der Waals surface area contributed by atoms with Gasteiger partial charge in [-0.3, -0.25) is 0 Å². The lowest BCUT2D eigenvalue weighted by Gasteiger charge is -2.53. The minimum Gasteiger partial charge on any atom is -0.385 e. The second-order valence-corrected chi connectivity index (χ2v) is 9.99. The highest BCUT2D eigenvalue weighted by molar-refractivity contribution is 6.30. The Bertz CT molecular complexity index is 1040. The quantitative estimate of drug-likeness (QED) is 0.470. The van der Waals surface area contributed by atoms with Gasteiger partial charge in [0, 0.05) is 5.02 Å². The minimum atomic E-state index is -0.805. The second-order valence-electron chi connectivity index (χ2n) is 9.55. The molecular formula is C27H29ClO. The average Bonchev–Trinajstić information content (AvgIpc) is 2.71. The van der Waals surface area contributed by atoms with Crippen LogP contribution in [0.2, 0.25) is 5.02 Å². The summed E-state index contributed by atoms with van der Waals surface area (Å²) in [6.07, 6.45) is 4.69. The first-order chi connectivity index (χ1) is 14.0. The van der Waals surface area contributed by atoms with Crippen molar-refractivity contribution in [2.75, 3.05) is 0 Å². The Morgan fingerprint density at radius 3 is 2.41 bits per heavy atom. The van der Waals surface area contributed by atoms with Gasteiger partial charge in [0.25, 0.3) is 0 Å². The molecule has 150 valence electrons. The Kier molecular flexibility index (Phi) is 4.72. The van der Waals surface area contributed by atoms with Gasteiger partial charge in [0.1, 0.15) is 0 Å². The number of benzene rings is 3. The van der Waals surface area contributed by atoms with E-state index >= 15 is 0 Å². The number of hydrogen-bond acceptors (Lipinski definition) is 1. The van der Waals surface area contributed by atoms with Gasteiger partial charge in [0.2, 0.25) is 0 Å². The maximum absolute atomic E-state index is 12.5. The van der Waals surface area contributed by atoms with E-state index in [0.717, 1.165) is 46.9 Å². The first-order valence-electron chi connectivity index (χ1n) is 11.0. The molecule has 1 N–H and O–H groups in total. The number of hydrogen-bond donors (Lipinski definition) is 1. The van der Waals surface area contributed by atoms with Crippen molar-refractivity contribution in [3.05, 3.63) is 71.2 Å². The summed E-state index contributed by atoms with van der Waals surface area (Å²) in [5, 5.41) is 15.6. The molecule has 2 aliphatic rings. The van der Waals surface area contributed by atoms with Gasteiger partial charge in [-0.2, -0.15) is 0 Å². The van der Waals surface area contributed by atoms with Crippen LogP contribution in [0, 0.1) is 23.7 Å². The fraction of sp³-hybridized carbons (Fsp3) is 0.407. The first kappa shape index (κ1) is 19.2. The highest BCUT2D eigenvalue weighted by atomic mass is 35.5. The zero-order chi connectivity index (χ0) is 20.2. The van der Waals surface area contributed by atoms with Crippen molar-refractivity contribution in [3.8, 4) is 11.1 Å². The van der Waals surface area contributed by atoms with Crippen molar-refractivity contribution in [1.82, 2.24) is 0 Å². The largest absolute Gasteiger partial charge is 0.385 e. The minimum absolute atomic E-state index is 0.246. The van der Waals surface area contributed by atoms with Gasteiger partial charge in [0.15, 0.2) is 0 Å². The summed E-state index contributed by atoms with van der Waals surface area (Å²) < 4.78 is 0. The summed E-state index contributed by atoms with van der Waals surface area (Å²) in [5.74, 6) is 2.01. The predicted octanol–water partition coefficient (Wildman–Crippen LogP) is 7.44. The Hall–Kier alpha value is -1.83. The number of aliphatic hydroxyl groups is 1. The van der Waals surface area contributed by atoms with Crippen molar-refractivity contribution in [2.24, 2.45) is 23.7 Å². The molecule has 0 amide bonds. The molecule has 2 aliphatic carbocycles. The molecule has 29 heavy (non-hydrogen) atoms. The number of fused-ring (bicyclic) bond motifs is 3. The number of rotatable bonds is 2. The van der Waals surface area contributed by atoms with Crippen LogP contribution in [0.3, 0.4) is 0 Å². The molecule has 2 saturated carbocycles. The molecule has 3 aromatic rings. The summed E-state index contributed by atoms with van der Waals surface area (Å²) in [6.45, 7) is 4.63. The Morgan fingerprint density at radius 1 is 0.862 bits per heavy atom. The molecule has 0 saturated heterocycles. The maximum Gasteiger partial charge on any atom is 0.0962 e. The molecule has 2 bridgehead atoms. The van der Waals surface area contributed by atoms with E-state index in [-0.39, 0.29) is 5.92 Å². The predicted molar refractivity (Wildman–Crippen MR) is 122 cm³/mol. The smallest absolute Gasteiger partial charge is 0.0962 e. The lowest BCUT2D eigenvalue weighted by molar-refractivity contribution is -0.131. The van der Waals surface area contributed by atoms with Crippen LogP contribution in [-0.4, -0.2) is 5.11 Å². The van der Waals surface area contributed by atoms with Crippen LogP contribution in [0.25, 0.3) is 21.9 Å². The zero-order valence-corrected chi connectivity index (χ0v) is 18.0. The van der Waals surface area contributed by atoms with Gasteiger partial charge < -0.3 is 5.11 Å². The topological polar surface area (TPSA) is 20.2 Å². The molecule has 0 spiro atoms. The molecule has 3 aromatic carbocycles. The average molecular weight is 405 g/mol. The van der Waals surface area contributed by atoms with E-state index < -0.39 is 5.60 Å². The molecule has 5 unspecified atom stereocenters. The van der Waals surface area contributed by atoms with Crippen LogP contribution in [0.1, 0.15) is 45.1 Å². The van der Waals surface area contributed by atoms with Crippen molar-refractivity contribution < 1.29 is 5.11 Å². The highest BCUT2D eigenvalue weighted by Gasteiger charge is 2.52. The molecule has 0 aliphatic heterocycles. The van der Waals surface area contributed by atoms with Crippen molar-refractivity contribution >= 4 is 22.4 Å². The Balaban J connectivity index is 1.78. The van der Waals surface area contributed by atoms with Gasteiger partial charge in [-0.05, 0) is 89.0 Å². The third kappa shape index (κ3) is 3.10. The maximum atomic E-state index is 12.5. The molecule has 5 atom stereocenters. The van der Waals surface area contributed by atoms with Crippen molar-refractivity contribution in [1.29, 1.82) is 0 Å². The molecule has 1 nitrogen and oxygen atoms in total. The first-order valence-corrected chi connectivity index (χ1v) is 11.3. The van der Waals surface area contributed by atoms with E-state index in [2.05, 4.69) is 62.4 Å². The summed E-state index contributed by atoms with van der Waals surface area (Å²) >= 11 is 6.17. The third-order valence-corrected chi connectivity index (χ3v) is 7.84. The van der Waals surface area contributed by atoms with Gasteiger partial charge in [0.05, 0.1) is 5.60 Å². The van der Waals surface area contributed by atoms with Crippen LogP contribution in [0.5, 0.6) is 0 Å². The van der Waals surface area contributed by atoms with Gasteiger partial charge >= 0.3 is 0 Å². The van der Waals surface area contributed by atoms with E-state index in [1.165, 1.54) is 17.2 Å². The zero-order valence-electron chi connectivity index (χ0n) is 17.2. The van der Waals surface area contributed by atoms with E-state index in [1.54, 1.807) is 0 Å². The van der Waals surface area contributed by atoms with Gasteiger partial charge in [-0.15, -0.1) is 0 Å². The molecule has 0 radical (unpaired) electrons. The SMILES string of the molecule is CC1CC2CC(C)C(O)(c3c(-c4ccc(Cl)cc4)ccc4ccccc34)C(C1)C2. The highest BCUT2D eigenvalue weighted by Crippen LogP contribution is 2.57. The van der Waals surface area contributed by atoms with Crippen LogP contribution >= 0.6 is 11.6 Å². The van der Waals surface area contributed by atoms with E-state index in [4.69, 9.17) is 11.6 Å². The number of halogens is 1. The fourth-order valence-corrected chi connectivity index (χ4v) is 6.53. The van der Waals surface area contributed by atoms with Crippen molar-refractivity contribution in [3.63, 3.8) is 0 Å². The molecule has 5 rings (SSSR count). The lowest BCUT2D eigenvalue weighted by atomic mass is 9.55. The molecular weight excluding hydrogens is 376 g/mol. The van der Waals surface area contributed by atoms with Crippen LogP contribution in [-0.2, 0) is 5.60 Å². The molecule has 0 aromatic heterocycles. The molecule has 2 heteroatoms. The summed E-state index contributed by atoms with van der Waals surface area (Å²) in [4.78, 5) is 0. The summed E-state index contributed by atoms with van der Waals surface area (Å²) in [5.41, 5.74) is 2.59. The fourth-order valence-electron chi connectivity index (χ4n) is 6.40. The van der Waals surface area contributed by atoms with Crippen LogP contribution in [0.15, 0.2) is 60.7 Å². The normalized spacial score (nSPS) is 31.7. The molecule has 0 heterocycles. The van der Waals surface area contributed by atoms with Crippen LogP contribution in [0.4, 0.5) is 0 Å². The third-order valence-electron chi connectivity index (χ3n) is 7.59. The van der Waals surface area contributed by atoms with E-state index in [9.17, 15) is 5.11 Å². The summed E-state index contributed by atoms with van der Waals surface area (Å²) in [6, 6.07) is 21.0. The Morgan fingerprint density at radius 2 is 1.62 bits per heavy atom.